The number of hydrogen-bond donors (Lipinski definition) is 0. The largest absolute Gasteiger partial charge is 0.493 e. The Hall–Kier alpha value is -2.66. The van der Waals surface area contributed by atoms with Crippen LogP contribution in [0.3, 0.4) is 0 Å². The molecular formula is C19H19NO4. The molecule has 2 aliphatic rings. The minimum Gasteiger partial charge on any atom is -0.493 e. The van der Waals surface area contributed by atoms with Crippen LogP contribution in [0.15, 0.2) is 30.3 Å². The van der Waals surface area contributed by atoms with Crippen molar-refractivity contribution in [2.45, 2.75) is 13.2 Å². The second kappa shape index (κ2) is 5.76. The van der Waals surface area contributed by atoms with E-state index in [-0.39, 0.29) is 0 Å². The first kappa shape index (κ1) is 14.9. The summed E-state index contributed by atoms with van der Waals surface area (Å²) < 4.78 is 10.8. The van der Waals surface area contributed by atoms with Crippen molar-refractivity contribution in [1.82, 2.24) is 4.90 Å². The number of nitrogens with zero attached hydrogens (tertiary/aromatic N) is 1. The Labute approximate surface area is 140 Å². The van der Waals surface area contributed by atoms with Gasteiger partial charge in [0.2, 0.25) is 0 Å². The van der Waals surface area contributed by atoms with Crippen molar-refractivity contribution in [2.24, 2.45) is 0 Å². The molecule has 0 fully saturated rings. The van der Waals surface area contributed by atoms with Gasteiger partial charge >= 0.3 is 0 Å². The van der Waals surface area contributed by atoms with Crippen LogP contribution in [-0.2, 0) is 18.0 Å². The fourth-order valence-corrected chi connectivity index (χ4v) is 3.18. The van der Waals surface area contributed by atoms with Crippen molar-refractivity contribution in [3.05, 3.63) is 52.6 Å². The molecule has 124 valence electrons. The molecule has 0 saturated carbocycles. The summed E-state index contributed by atoms with van der Waals surface area (Å²) in [5.74, 6) is 2.28. The molecular weight excluding hydrogens is 306 g/mol. The molecule has 5 nitrogen and oxygen atoms in total. The van der Waals surface area contributed by atoms with Gasteiger partial charge in [0.1, 0.15) is 6.61 Å². The van der Waals surface area contributed by atoms with Gasteiger partial charge in [0.05, 0.1) is 14.2 Å². The SMILES string of the molecule is COc1cc2c(cc1OC)CN(C)C(c1ccc3c(c1)OOC3)=C2. The van der Waals surface area contributed by atoms with Gasteiger partial charge in [-0.3, -0.25) is 0 Å². The molecule has 2 aromatic rings. The minimum absolute atomic E-state index is 0.504. The van der Waals surface area contributed by atoms with Gasteiger partial charge in [0.25, 0.3) is 0 Å². The Morgan fingerprint density at radius 3 is 2.58 bits per heavy atom. The quantitative estimate of drug-likeness (QED) is 0.808. The van der Waals surface area contributed by atoms with Crippen molar-refractivity contribution < 1.29 is 19.2 Å². The molecule has 0 atom stereocenters. The van der Waals surface area contributed by atoms with E-state index in [1.807, 2.05) is 18.2 Å². The van der Waals surface area contributed by atoms with Crippen molar-refractivity contribution in [3.8, 4) is 17.2 Å². The lowest BCUT2D eigenvalue weighted by atomic mass is 9.97. The topological polar surface area (TPSA) is 40.2 Å². The summed E-state index contributed by atoms with van der Waals surface area (Å²) in [6.45, 7) is 1.31. The van der Waals surface area contributed by atoms with Crippen LogP contribution in [0.2, 0.25) is 0 Å². The molecule has 0 aliphatic carbocycles. The highest BCUT2D eigenvalue weighted by Gasteiger charge is 2.21. The first-order valence-electron chi connectivity index (χ1n) is 7.80. The maximum atomic E-state index is 5.43. The Morgan fingerprint density at radius 2 is 1.79 bits per heavy atom. The van der Waals surface area contributed by atoms with E-state index in [2.05, 4.69) is 30.2 Å². The molecule has 2 aliphatic heterocycles. The Morgan fingerprint density at radius 1 is 1.00 bits per heavy atom. The van der Waals surface area contributed by atoms with Crippen LogP contribution in [0.25, 0.3) is 11.8 Å². The second-order valence-corrected chi connectivity index (χ2v) is 5.96. The van der Waals surface area contributed by atoms with Crippen LogP contribution < -0.4 is 14.4 Å². The van der Waals surface area contributed by atoms with Crippen LogP contribution in [0.5, 0.6) is 17.2 Å². The van der Waals surface area contributed by atoms with Gasteiger partial charge in [-0.05, 0) is 35.4 Å². The average Bonchev–Trinajstić information content (AvgIpc) is 3.07. The predicted molar refractivity (Wildman–Crippen MR) is 90.7 cm³/mol. The summed E-state index contributed by atoms with van der Waals surface area (Å²) in [7, 11) is 5.39. The van der Waals surface area contributed by atoms with Gasteiger partial charge in [-0.25, -0.2) is 0 Å². The van der Waals surface area contributed by atoms with E-state index in [4.69, 9.17) is 19.2 Å². The van der Waals surface area contributed by atoms with Gasteiger partial charge in [-0.1, -0.05) is 12.1 Å². The highest BCUT2D eigenvalue weighted by molar-refractivity contribution is 5.84. The molecule has 0 amide bonds. The van der Waals surface area contributed by atoms with E-state index in [1.165, 1.54) is 5.56 Å². The van der Waals surface area contributed by atoms with Crippen molar-refractivity contribution in [1.29, 1.82) is 0 Å². The lowest BCUT2D eigenvalue weighted by Crippen LogP contribution is -2.20. The lowest BCUT2D eigenvalue weighted by Gasteiger charge is -2.29. The van der Waals surface area contributed by atoms with Crippen molar-refractivity contribution in [3.63, 3.8) is 0 Å². The molecule has 4 rings (SSSR count). The molecule has 2 heterocycles. The average molecular weight is 325 g/mol. The van der Waals surface area contributed by atoms with E-state index in [9.17, 15) is 0 Å². The Balaban J connectivity index is 1.78. The van der Waals surface area contributed by atoms with Crippen LogP contribution in [0.1, 0.15) is 22.3 Å². The predicted octanol–water partition coefficient (Wildman–Crippen LogP) is 3.47. The Kier molecular flexibility index (Phi) is 3.58. The molecule has 0 N–H and O–H groups in total. The van der Waals surface area contributed by atoms with E-state index in [0.29, 0.717) is 6.61 Å². The number of rotatable bonds is 3. The highest BCUT2D eigenvalue weighted by Crippen LogP contribution is 2.38. The molecule has 0 bridgehead atoms. The zero-order chi connectivity index (χ0) is 16.7. The summed E-state index contributed by atoms with van der Waals surface area (Å²) >= 11 is 0. The van der Waals surface area contributed by atoms with Crippen molar-refractivity contribution >= 4 is 11.8 Å². The van der Waals surface area contributed by atoms with E-state index in [1.54, 1.807) is 14.2 Å². The molecule has 0 aromatic heterocycles. The first-order chi connectivity index (χ1) is 11.7. The number of ether oxygens (including phenoxy) is 2. The zero-order valence-corrected chi connectivity index (χ0v) is 14.0. The van der Waals surface area contributed by atoms with E-state index in [0.717, 1.165) is 46.2 Å². The summed E-state index contributed by atoms with van der Waals surface area (Å²) in [6, 6.07) is 10.2. The Bertz CT molecular complexity index is 828. The van der Waals surface area contributed by atoms with Crippen LogP contribution in [-0.4, -0.2) is 26.2 Å². The number of fused-ring (bicyclic) bond motifs is 2. The van der Waals surface area contributed by atoms with Crippen LogP contribution >= 0.6 is 0 Å². The fourth-order valence-electron chi connectivity index (χ4n) is 3.18. The summed E-state index contributed by atoms with van der Waals surface area (Å²) in [6.07, 6.45) is 2.17. The van der Waals surface area contributed by atoms with Crippen LogP contribution in [0, 0.1) is 0 Å². The highest BCUT2D eigenvalue weighted by atomic mass is 17.2. The maximum absolute atomic E-state index is 5.43. The molecule has 0 unspecified atom stereocenters. The minimum atomic E-state index is 0.504. The standard InChI is InChI=1S/C19H19NO4/c1-20-10-15-9-19(22-3)18(21-2)8-14(15)6-16(20)12-4-5-13-11-23-24-17(13)7-12/h4-9H,10-11H2,1-3H3. The van der Waals surface area contributed by atoms with Crippen molar-refractivity contribution in [2.75, 3.05) is 21.3 Å². The normalized spacial score (nSPS) is 15.3. The van der Waals surface area contributed by atoms with E-state index >= 15 is 0 Å². The fraction of sp³-hybridized carbons (Fsp3) is 0.263. The van der Waals surface area contributed by atoms with Gasteiger partial charge in [-0.2, -0.15) is 4.89 Å². The number of methoxy groups -OCH3 is 2. The monoisotopic (exact) mass is 325 g/mol. The van der Waals surface area contributed by atoms with Gasteiger partial charge in [0.15, 0.2) is 17.2 Å². The lowest BCUT2D eigenvalue weighted by molar-refractivity contribution is -0.194. The second-order valence-electron chi connectivity index (χ2n) is 5.96. The maximum Gasteiger partial charge on any atom is 0.171 e. The third-order valence-electron chi connectivity index (χ3n) is 4.48. The number of hydrogen-bond acceptors (Lipinski definition) is 5. The third kappa shape index (κ3) is 2.37. The van der Waals surface area contributed by atoms with Gasteiger partial charge in [-0.15, -0.1) is 0 Å². The van der Waals surface area contributed by atoms with Gasteiger partial charge in [0, 0.05) is 30.4 Å². The molecule has 0 spiro atoms. The molecule has 0 saturated heterocycles. The summed E-state index contributed by atoms with van der Waals surface area (Å²) in [5, 5.41) is 0. The number of benzene rings is 2. The first-order valence-corrected chi connectivity index (χ1v) is 7.80. The molecule has 0 radical (unpaired) electrons. The summed E-state index contributed by atoms with van der Waals surface area (Å²) in [5.41, 5.74) is 5.65. The zero-order valence-electron chi connectivity index (χ0n) is 14.0. The molecule has 24 heavy (non-hydrogen) atoms. The summed E-state index contributed by atoms with van der Waals surface area (Å²) in [4.78, 5) is 12.5. The van der Waals surface area contributed by atoms with E-state index < -0.39 is 0 Å². The van der Waals surface area contributed by atoms with Crippen LogP contribution in [0.4, 0.5) is 0 Å². The third-order valence-corrected chi connectivity index (χ3v) is 4.48. The van der Waals surface area contributed by atoms with Gasteiger partial charge < -0.3 is 19.3 Å². The molecule has 5 heteroatoms. The molecule has 2 aromatic carbocycles. The smallest absolute Gasteiger partial charge is 0.171 e.